The fourth-order valence-corrected chi connectivity index (χ4v) is 2.04. The first-order valence-electron chi connectivity index (χ1n) is 5.05. The molecule has 0 saturated heterocycles. The fourth-order valence-electron chi connectivity index (χ4n) is 2.04. The third-order valence-electron chi connectivity index (χ3n) is 2.91. The van der Waals surface area contributed by atoms with Crippen LogP contribution in [0.15, 0.2) is 42.7 Å². The molecule has 2 rings (SSSR count). The molecule has 0 aromatic heterocycles. The van der Waals surface area contributed by atoms with Crippen molar-refractivity contribution in [2.24, 2.45) is 0 Å². The van der Waals surface area contributed by atoms with Crippen molar-refractivity contribution >= 4 is 11.6 Å². The summed E-state index contributed by atoms with van der Waals surface area (Å²) in [5.74, 6) is -0.305. The van der Waals surface area contributed by atoms with Crippen LogP contribution < -0.4 is 4.90 Å². The number of amides is 1. The van der Waals surface area contributed by atoms with E-state index in [4.69, 9.17) is 0 Å². The predicted octanol–water partition coefficient (Wildman–Crippen LogP) is 1.58. The molecular formula is C13H13NO2. The maximum Gasteiger partial charge on any atom is 0.263 e. The van der Waals surface area contributed by atoms with Crippen LogP contribution in [0.2, 0.25) is 0 Å². The minimum Gasteiger partial charge on any atom is -0.375 e. The standard InChI is InChI=1S/C13H13NO2/c1-3-4-9-13(16)10-7-5-6-8-11(10)14(2)12(13)15/h4-8,16H,1,9H2,2H3. The summed E-state index contributed by atoms with van der Waals surface area (Å²) >= 11 is 0. The molecule has 1 aromatic carbocycles. The van der Waals surface area contributed by atoms with E-state index < -0.39 is 5.60 Å². The van der Waals surface area contributed by atoms with Crippen LogP contribution in [-0.4, -0.2) is 18.1 Å². The van der Waals surface area contributed by atoms with Gasteiger partial charge in [0.15, 0.2) is 5.60 Å². The Bertz CT molecular complexity index is 488. The number of rotatable bonds is 2. The molecule has 0 saturated carbocycles. The molecule has 1 aromatic rings. The van der Waals surface area contributed by atoms with Crippen LogP contribution >= 0.6 is 0 Å². The smallest absolute Gasteiger partial charge is 0.263 e. The SMILES string of the molecule is C=C=CCC1(O)C(=O)N(C)c2ccccc21. The van der Waals surface area contributed by atoms with Gasteiger partial charge in [-0.1, -0.05) is 24.8 Å². The lowest BCUT2D eigenvalue weighted by atomic mass is 9.92. The first kappa shape index (κ1) is 10.7. The van der Waals surface area contributed by atoms with Gasteiger partial charge >= 0.3 is 0 Å². The Kier molecular flexibility index (Phi) is 2.43. The predicted molar refractivity (Wildman–Crippen MR) is 62.1 cm³/mol. The largest absolute Gasteiger partial charge is 0.375 e. The van der Waals surface area contributed by atoms with E-state index in [2.05, 4.69) is 12.3 Å². The van der Waals surface area contributed by atoms with Crippen molar-refractivity contribution in [3.8, 4) is 0 Å². The van der Waals surface area contributed by atoms with E-state index in [0.29, 0.717) is 5.56 Å². The summed E-state index contributed by atoms with van der Waals surface area (Å²) in [6.07, 6.45) is 1.78. The highest BCUT2D eigenvalue weighted by atomic mass is 16.3. The van der Waals surface area contributed by atoms with Crippen LogP contribution in [0.3, 0.4) is 0 Å². The van der Waals surface area contributed by atoms with Crippen LogP contribution in [-0.2, 0) is 10.4 Å². The van der Waals surface area contributed by atoms with Crippen molar-refractivity contribution in [3.05, 3.63) is 48.2 Å². The summed E-state index contributed by atoms with van der Waals surface area (Å²) < 4.78 is 0. The highest BCUT2D eigenvalue weighted by Gasteiger charge is 2.47. The number of para-hydroxylation sites is 1. The van der Waals surface area contributed by atoms with E-state index in [0.717, 1.165) is 5.69 Å². The number of hydrogen-bond donors (Lipinski definition) is 1. The van der Waals surface area contributed by atoms with Gasteiger partial charge < -0.3 is 10.0 Å². The molecule has 1 aliphatic rings. The Morgan fingerprint density at radius 3 is 2.94 bits per heavy atom. The maximum atomic E-state index is 12.0. The van der Waals surface area contributed by atoms with Crippen molar-refractivity contribution in [2.45, 2.75) is 12.0 Å². The molecule has 0 spiro atoms. The Labute approximate surface area is 94.3 Å². The zero-order chi connectivity index (χ0) is 11.8. The molecule has 3 nitrogen and oxygen atoms in total. The second-order valence-corrected chi connectivity index (χ2v) is 3.85. The van der Waals surface area contributed by atoms with Gasteiger partial charge in [-0.05, 0) is 12.1 Å². The van der Waals surface area contributed by atoms with Gasteiger partial charge in [0.25, 0.3) is 5.91 Å². The van der Waals surface area contributed by atoms with Gasteiger partial charge in [0.1, 0.15) is 0 Å². The molecule has 82 valence electrons. The van der Waals surface area contributed by atoms with Gasteiger partial charge in [-0.15, -0.1) is 5.73 Å². The van der Waals surface area contributed by atoms with Crippen LogP contribution in [0.4, 0.5) is 5.69 Å². The Balaban J connectivity index is 2.55. The summed E-state index contributed by atoms with van der Waals surface area (Å²) in [7, 11) is 1.66. The average Bonchev–Trinajstić information content (AvgIpc) is 2.51. The van der Waals surface area contributed by atoms with E-state index in [1.807, 2.05) is 18.2 Å². The summed E-state index contributed by atoms with van der Waals surface area (Å²) in [4.78, 5) is 13.5. The highest BCUT2D eigenvalue weighted by Crippen LogP contribution is 2.41. The molecule has 1 unspecified atom stereocenters. The van der Waals surface area contributed by atoms with E-state index in [1.165, 1.54) is 4.90 Å². The zero-order valence-electron chi connectivity index (χ0n) is 9.10. The second kappa shape index (κ2) is 3.63. The minimum absolute atomic E-state index is 0.205. The Morgan fingerprint density at radius 2 is 2.25 bits per heavy atom. The average molecular weight is 215 g/mol. The van der Waals surface area contributed by atoms with Crippen molar-refractivity contribution in [3.63, 3.8) is 0 Å². The number of fused-ring (bicyclic) bond motifs is 1. The third-order valence-corrected chi connectivity index (χ3v) is 2.91. The number of likely N-dealkylation sites (N-methyl/N-ethyl adjacent to an activating group) is 1. The molecule has 16 heavy (non-hydrogen) atoms. The Hall–Kier alpha value is -1.83. The van der Waals surface area contributed by atoms with Gasteiger partial charge in [-0.2, -0.15) is 0 Å². The lowest BCUT2D eigenvalue weighted by Crippen LogP contribution is -2.38. The second-order valence-electron chi connectivity index (χ2n) is 3.85. The van der Waals surface area contributed by atoms with Crippen molar-refractivity contribution in [1.29, 1.82) is 0 Å². The molecule has 0 fully saturated rings. The fraction of sp³-hybridized carbons (Fsp3) is 0.231. The first-order valence-corrected chi connectivity index (χ1v) is 5.05. The molecule has 0 radical (unpaired) electrons. The van der Waals surface area contributed by atoms with Gasteiger partial charge in [-0.3, -0.25) is 4.79 Å². The van der Waals surface area contributed by atoms with Crippen molar-refractivity contribution in [1.82, 2.24) is 0 Å². The van der Waals surface area contributed by atoms with Crippen LogP contribution in [0.25, 0.3) is 0 Å². The molecule has 1 heterocycles. The number of carbonyl (C=O) groups is 1. The monoisotopic (exact) mass is 215 g/mol. The van der Waals surface area contributed by atoms with Gasteiger partial charge in [0.2, 0.25) is 0 Å². The number of hydrogen-bond acceptors (Lipinski definition) is 2. The summed E-state index contributed by atoms with van der Waals surface area (Å²) in [5, 5.41) is 10.4. The summed E-state index contributed by atoms with van der Waals surface area (Å²) in [6.45, 7) is 3.44. The molecular weight excluding hydrogens is 202 g/mol. The van der Waals surface area contributed by atoms with E-state index in [-0.39, 0.29) is 12.3 Å². The van der Waals surface area contributed by atoms with Crippen molar-refractivity contribution in [2.75, 3.05) is 11.9 Å². The lowest BCUT2D eigenvalue weighted by molar-refractivity contribution is -0.135. The van der Waals surface area contributed by atoms with Crippen LogP contribution in [0.1, 0.15) is 12.0 Å². The third kappa shape index (κ3) is 1.30. The molecule has 1 N–H and O–H groups in total. The van der Waals surface area contributed by atoms with Crippen LogP contribution in [0, 0.1) is 0 Å². The number of carbonyl (C=O) groups excluding carboxylic acids is 1. The molecule has 0 bridgehead atoms. The summed E-state index contributed by atoms with van der Waals surface area (Å²) in [6, 6.07) is 7.25. The van der Waals surface area contributed by atoms with E-state index in [1.54, 1.807) is 19.2 Å². The Morgan fingerprint density at radius 1 is 1.56 bits per heavy atom. The van der Waals surface area contributed by atoms with Gasteiger partial charge in [0.05, 0.1) is 5.69 Å². The number of benzene rings is 1. The van der Waals surface area contributed by atoms with Crippen molar-refractivity contribution < 1.29 is 9.90 Å². The van der Waals surface area contributed by atoms with Gasteiger partial charge in [0, 0.05) is 19.0 Å². The maximum absolute atomic E-state index is 12.0. The number of aliphatic hydroxyl groups is 1. The normalized spacial score (nSPS) is 22.9. The van der Waals surface area contributed by atoms with E-state index in [9.17, 15) is 9.90 Å². The molecule has 1 aliphatic heterocycles. The zero-order valence-corrected chi connectivity index (χ0v) is 9.10. The van der Waals surface area contributed by atoms with Crippen LogP contribution in [0.5, 0.6) is 0 Å². The quantitative estimate of drug-likeness (QED) is 0.761. The molecule has 0 aliphatic carbocycles. The number of nitrogens with zero attached hydrogens (tertiary/aromatic N) is 1. The van der Waals surface area contributed by atoms with E-state index >= 15 is 0 Å². The molecule has 3 heteroatoms. The topological polar surface area (TPSA) is 40.5 Å². The minimum atomic E-state index is -1.46. The molecule has 1 amide bonds. The molecule has 1 atom stereocenters. The van der Waals surface area contributed by atoms with Gasteiger partial charge in [-0.25, -0.2) is 0 Å². The summed E-state index contributed by atoms with van der Waals surface area (Å²) in [5.41, 5.74) is 2.52. The highest BCUT2D eigenvalue weighted by molar-refractivity contribution is 6.06. The lowest BCUT2D eigenvalue weighted by Gasteiger charge is -2.19. The first-order chi connectivity index (χ1) is 7.61. The number of anilines is 1.